The zero-order valence-electron chi connectivity index (χ0n) is 20.0. The van der Waals surface area contributed by atoms with E-state index in [1.54, 1.807) is 23.1 Å². The molecule has 0 aliphatic carbocycles. The molecule has 0 bridgehead atoms. The monoisotopic (exact) mass is 565 g/mol. The highest BCUT2D eigenvalue weighted by Gasteiger charge is 2.47. The summed E-state index contributed by atoms with van der Waals surface area (Å²) in [5, 5.41) is 11.2. The molecule has 5 rings (SSSR count). The normalized spacial score (nSPS) is 16.4. The van der Waals surface area contributed by atoms with Crippen LogP contribution in [-0.4, -0.2) is 52.7 Å². The Hall–Kier alpha value is -3.59. The zero-order valence-corrected chi connectivity index (χ0v) is 21.6. The minimum absolute atomic E-state index is 0.00186. The van der Waals surface area contributed by atoms with E-state index in [0.717, 1.165) is 24.0 Å². The lowest BCUT2D eigenvalue weighted by Crippen LogP contribution is -2.62. The lowest BCUT2D eigenvalue weighted by atomic mass is 9.71. The number of halogens is 2. The van der Waals surface area contributed by atoms with Crippen LogP contribution in [0.25, 0.3) is 0 Å². The van der Waals surface area contributed by atoms with Crippen LogP contribution < -0.4 is 0 Å². The number of nitro groups is 1. The van der Waals surface area contributed by atoms with E-state index in [1.165, 1.54) is 24.3 Å². The molecular formula is C28H25BrFN3O4. The van der Waals surface area contributed by atoms with Crippen LogP contribution in [0.1, 0.15) is 44.7 Å². The van der Waals surface area contributed by atoms with Gasteiger partial charge in [0.15, 0.2) is 0 Å². The molecule has 7 nitrogen and oxygen atoms in total. The maximum Gasteiger partial charge on any atom is 0.284 e. The number of nitro benzene ring substituents is 1. The molecule has 0 atom stereocenters. The Bertz CT molecular complexity index is 1340. The first-order valence-corrected chi connectivity index (χ1v) is 12.9. The largest absolute Gasteiger partial charge is 0.339 e. The lowest BCUT2D eigenvalue weighted by Gasteiger charge is -2.54. The molecule has 2 heterocycles. The zero-order chi connectivity index (χ0) is 26.2. The van der Waals surface area contributed by atoms with Crippen molar-refractivity contribution in [2.75, 3.05) is 26.2 Å². The summed E-state index contributed by atoms with van der Waals surface area (Å²) in [4.78, 5) is 40.3. The van der Waals surface area contributed by atoms with Gasteiger partial charge in [0, 0.05) is 43.2 Å². The van der Waals surface area contributed by atoms with Crippen LogP contribution in [0, 0.1) is 21.3 Å². The number of piperidine rings is 1. The summed E-state index contributed by atoms with van der Waals surface area (Å²) in [6.45, 7) is 2.42. The molecular weight excluding hydrogens is 541 g/mol. The van der Waals surface area contributed by atoms with Crippen molar-refractivity contribution < 1.29 is 18.9 Å². The molecule has 2 aliphatic rings. The molecule has 0 unspecified atom stereocenters. The predicted molar refractivity (Wildman–Crippen MR) is 140 cm³/mol. The predicted octanol–water partition coefficient (Wildman–Crippen LogP) is 5.47. The molecule has 1 spiro atoms. The Morgan fingerprint density at radius 2 is 1.49 bits per heavy atom. The summed E-state index contributed by atoms with van der Waals surface area (Å²) in [5.74, 6) is -0.485. The highest BCUT2D eigenvalue weighted by Crippen LogP contribution is 2.41. The van der Waals surface area contributed by atoms with Gasteiger partial charge in [-0.05, 0) is 76.7 Å². The van der Waals surface area contributed by atoms with Crippen molar-refractivity contribution in [1.82, 2.24) is 9.80 Å². The molecule has 2 saturated heterocycles. The Balaban J connectivity index is 1.15. The summed E-state index contributed by atoms with van der Waals surface area (Å²) in [6, 6.07) is 18.4. The van der Waals surface area contributed by atoms with Crippen LogP contribution in [0.4, 0.5) is 10.1 Å². The van der Waals surface area contributed by atoms with Crippen LogP contribution in [0.3, 0.4) is 0 Å². The summed E-state index contributed by atoms with van der Waals surface area (Å²) in [5.41, 5.74) is 2.87. The van der Waals surface area contributed by atoms with E-state index in [0.29, 0.717) is 43.7 Å². The maximum atomic E-state index is 13.1. The molecule has 190 valence electrons. The van der Waals surface area contributed by atoms with Gasteiger partial charge >= 0.3 is 0 Å². The number of amides is 2. The fourth-order valence-corrected chi connectivity index (χ4v) is 5.77. The van der Waals surface area contributed by atoms with E-state index < -0.39 is 4.92 Å². The summed E-state index contributed by atoms with van der Waals surface area (Å²) in [7, 11) is 0. The summed E-state index contributed by atoms with van der Waals surface area (Å²) >= 11 is 3.22. The van der Waals surface area contributed by atoms with Gasteiger partial charge in [0.05, 0.1) is 10.5 Å². The third-order valence-corrected chi connectivity index (χ3v) is 8.21. The first-order chi connectivity index (χ1) is 17.7. The Morgan fingerprint density at radius 3 is 2.08 bits per heavy atom. The summed E-state index contributed by atoms with van der Waals surface area (Å²) in [6.07, 6.45) is 2.24. The van der Waals surface area contributed by atoms with Crippen molar-refractivity contribution >= 4 is 33.4 Å². The number of rotatable bonds is 5. The first kappa shape index (κ1) is 25.1. The second-order valence-corrected chi connectivity index (χ2v) is 10.6. The number of benzene rings is 3. The second-order valence-electron chi connectivity index (χ2n) is 9.85. The van der Waals surface area contributed by atoms with E-state index in [2.05, 4.69) is 15.9 Å². The third kappa shape index (κ3) is 5.13. The molecule has 0 radical (unpaired) electrons. The number of carbonyl (C=O) groups excluding carboxylic acids is 2. The van der Waals surface area contributed by atoms with Gasteiger partial charge in [-0.3, -0.25) is 19.7 Å². The molecule has 3 aromatic rings. The maximum absolute atomic E-state index is 13.1. The molecule has 9 heteroatoms. The Morgan fingerprint density at radius 1 is 0.892 bits per heavy atom. The fraction of sp³-hybridized carbons (Fsp3) is 0.286. The van der Waals surface area contributed by atoms with Crippen LogP contribution >= 0.6 is 15.9 Å². The average Bonchev–Trinajstić information content (AvgIpc) is 2.88. The van der Waals surface area contributed by atoms with Crippen molar-refractivity contribution in [2.45, 2.75) is 19.3 Å². The van der Waals surface area contributed by atoms with E-state index in [4.69, 9.17) is 0 Å². The van der Waals surface area contributed by atoms with Crippen LogP contribution in [0.5, 0.6) is 0 Å². The first-order valence-electron chi connectivity index (χ1n) is 12.1. The summed E-state index contributed by atoms with van der Waals surface area (Å²) < 4.78 is 13.3. The SMILES string of the molecule is O=C(c1ccc(Cc2ccc(F)cc2)cc1)N1CC2(CCN(C(=O)c3cccc([N+](=O)[O-])c3Br)CC2)C1. The van der Waals surface area contributed by atoms with Crippen LogP contribution in [-0.2, 0) is 6.42 Å². The Labute approximate surface area is 222 Å². The average molecular weight is 566 g/mol. The van der Waals surface area contributed by atoms with Gasteiger partial charge in [-0.15, -0.1) is 0 Å². The smallest absolute Gasteiger partial charge is 0.284 e. The molecule has 0 aromatic heterocycles. The standard InChI is InChI=1S/C28H25BrFN3O4/c29-25-23(2-1-3-24(25)33(36)37)27(35)31-14-12-28(13-15-31)17-32(18-28)26(34)21-8-4-19(5-9-21)16-20-6-10-22(30)11-7-20/h1-11H,12-18H2. The van der Waals surface area contributed by atoms with Crippen LogP contribution in [0.15, 0.2) is 71.2 Å². The van der Waals surface area contributed by atoms with Crippen molar-refractivity contribution in [3.8, 4) is 0 Å². The topological polar surface area (TPSA) is 83.8 Å². The van der Waals surface area contributed by atoms with Gasteiger partial charge in [-0.25, -0.2) is 4.39 Å². The number of nitrogens with zero attached hydrogens (tertiary/aromatic N) is 3. The van der Waals surface area contributed by atoms with Crippen LogP contribution in [0.2, 0.25) is 0 Å². The number of hydrogen-bond donors (Lipinski definition) is 0. The molecule has 37 heavy (non-hydrogen) atoms. The van der Waals surface area contributed by atoms with E-state index in [-0.39, 0.29) is 33.2 Å². The van der Waals surface area contributed by atoms with Crippen molar-refractivity contribution in [1.29, 1.82) is 0 Å². The second kappa shape index (κ2) is 10.0. The van der Waals surface area contributed by atoms with Gasteiger partial charge < -0.3 is 9.80 Å². The molecule has 3 aromatic carbocycles. The minimum Gasteiger partial charge on any atom is -0.339 e. The Kier molecular flexibility index (Phi) is 6.81. The highest BCUT2D eigenvalue weighted by atomic mass is 79.9. The number of likely N-dealkylation sites (tertiary alicyclic amines) is 2. The molecule has 0 N–H and O–H groups in total. The van der Waals surface area contributed by atoms with Crippen molar-refractivity contribution in [2.24, 2.45) is 5.41 Å². The molecule has 2 fully saturated rings. The van der Waals surface area contributed by atoms with Crippen molar-refractivity contribution in [3.05, 3.63) is 109 Å². The minimum atomic E-state index is -0.509. The molecule has 2 aliphatic heterocycles. The third-order valence-electron chi connectivity index (χ3n) is 7.38. The number of carbonyl (C=O) groups is 2. The quantitative estimate of drug-likeness (QED) is 0.303. The molecule has 2 amide bonds. The van der Waals surface area contributed by atoms with Gasteiger partial charge in [-0.1, -0.05) is 30.3 Å². The van der Waals surface area contributed by atoms with Gasteiger partial charge in [0.25, 0.3) is 17.5 Å². The van der Waals surface area contributed by atoms with E-state index in [9.17, 15) is 24.1 Å². The van der Waals surface area contributed by atoms with Crippen molar-refractivity contribution in [3.63, 3.8) is 0 Å². The van der Waals surface area contributed by atoms with Gasteiger partial charge in [-0.2, -0.15) is 0 Å². The van der Waals surface area contributed by atoms with Gasteiger partial charge in [0.1, 0.15) is 10.3 Å². The highest BCUT2D eigenvalue weighted by molar-refractivity contribution is 9.10. The molecule has 0 saturated carbocycles. The van der Waals surface area contributed by atoms with E-state index in [1.807, 2.05) is 29.2 Å². The lowest BCUT2D eigenvalue weighted by molar-refractivity contribution is -0.385. The fourth-order valence-electron chi connectivity index (χ4n) is 5.19. The number of hydrogen-bond acceptors (Lipinski definition) is 4. The van der Waals surface area contributed by atoms with E-state index >= 15 is 0 Å². The van der Waals surface area contributed by atoms with Gasteiger partial charge in [0.2, 0.25) is 0 Å².